The maximum absolute atomic E-state index is 12.0. The van der Waals surface area contributed by atoms with E-state index < -0.39 is 0 Å². The molecule has 0 N–H and O–H groups in total. The van der Waals surface area contributed by atoms with Crippen molar-refractivity contribution in [3.05, 3.63) is 12.2 Å². The van der Waals surface area contributed by atoms with E-state index in [1.165, 1.54) is 42.0 Å². The van der Waals surface area contributed by atoms with Crippen LogP contribution in [0, 0.1) is 34.5 Å². The molecule has 2 saturated carbocycles. The van der Waals surface area contributed by atoms with Gasteiger partial charge < -0.3 is 8.92 Å². The molecule has 0 aromatic rings. The van der Waals surface area contributed by atoms with Gasteiger partial charge in [0.15, 0.2) is 0 Å². The molecule has 0 spiro atoms. The first-order chi connectivity index (χ1) is 12.9. The normalized spacial score (nSPS) is 39.8. The Morgan fingerprint density at radius 1 is 1.22 bits per heavy atom. The molecule has 0 amide bonds. The van der Waals surface area contributed by atoms with Gasteiger partial charge in [0.1, 0.15) is 0 Å². The fourth-order valence-electron chi connectivity index (χ4n) is 6.32. The second-order valence-corrected chi connectivity index (χ2v) is 10.2. The topological polar surface area (TPSA) is 35.5 Å². The van der Waals surface area contributed by atoms with Crippen LogP contribution in [0.5, 0.6) is 0 Å². The van der Waals surface area contributed by atoms with E-state index in [2.05, 4.69) is 47.2 Å². The molecule has 6 atom stereocenters. The Morgan fingerprint density at radius 3 is 2.63 bits per heavy atom. The SMILES string of the molecule is CC.COC(=O)CC1CCC2[C@@H]3CC=CC3(C)CC[C@@H]2C1(C)CCOSI. The number of carbonyl (C=O) groups excluding carboxylic acids is 1. The molecule has 0 heterocycles. The zero-order valence-electron chi connectivity index (χ0n) is 17.6. The molecule has 156 valence electrons. The van der Waals surface area contributed by atoms with E-state index in [0.717, 1.165) is 31.3 Å². The first kappa shape index (κ1) is 23.5. The summed E-state index contributed by atoms with van der Waals surface area (Å²) in [7, 11) is 2.93. The summed E-state index contributed by atoms with van der Waals surface area (Å²) in [5, 5.41) is 0. The van der Waals surface area contributed by atoms with E-state index in [1.807, 2.05) is 13.8 Å². The summed E-state index contributed by atoms with van der Waals surface area (Å²) in [6.45, 7) is 9.67. The molecular formula is C22H37IO3S. The average Bonchev–Trinajstić information content (AvgIpc) is 3.07. The van der Waals surface area contributed by atoms with Crippen molar-refractivity contribution in [2.24, 2.45) is 34.5 Å². The summed E-state index contributed by atoms with van der Waals surface area (Å²) < 4.78 is 10.6. The largest absolute Gasteiger partial charge is 0.469 e. The molecule has 0 bridgehead atoms. The van der Waals surface area contributed by atoms with E-state index >= 15 is 0 Å². The molecular weight excluding hydrogens is 471 g/mol. The Hall–Kier alpha value is 0.250. The lowest BCUT2D eigenvalue weighted by atomic mass is 9.47. The Labute approximate surface area is 182 Å². The van der Waals surface area contributed by atoms with Crippen molar-refractivity contribution in [3.63, 3.8) is 0 Å². The number of carbonyl (C=O) groups is 1. The standard InChI is InChI=1S/C20H31IO3S.C2H6/c1-19-9-4-5-16(19)15-7-6-14(13-18(22)23-3)20(2,11-12-24-25-21)17(15)8-10-19;1-2/h4,9,14-17H,5-8,10-13H2,1-3H3;1-2H3/t14?,15?,16-,17-,19?,20?;/m0./s1. The first-order valence-electron chi connectivity index (χ1n) is 10.6. The highest BCUT2D eigenvalue weighted by Crippen LogP contribution is 2.63. The van der Waals surface area contributed by atoms with E-state index in [4.69, 9.17) is 8.92 Å². The van der Waals surface area contributed by atoms with E-state index in [-0.39, 0.29) is 11.4 Å². The van der Waals surface area contributed by atoms with Gasteiger partial charge in [-0.2, -0.15) is 0 Å². The molecule has 4 unspecified atom stereocenters. The van der Waals surface area contributed by atoms with Gasteiger partial charge in [-0.1, -0.05) is 39.8 Å². The van der Waals surface area contributed by atoms with Gasteiger partial charge in [-0.15, -0.1) is 0 Å². The predicted molar refractivity (Wildman–Crippen MR) is 123 cm³/mol. The summed E-state index contributed by atoms with van der Waals surface area (Å²) in [5.74, 6) is 2.66. The Bertz CT molecular complexity index is 526. The minimum Gasteiger partial charge on any atom is -0.469 e. The maximum Gasteiger partial charge on any atom is 0.305 e. The fraction of sp³-hybridized carbons (Fsp3) is 0.864. The van der Waals surface area contributed by atoms with Crippen molar-refractivity contribution < 1.29 is 13.7 Å². The quantitative estimate of drug-likeness (QED) is 0.127. The number of fused-ring (bicyclic) bond motifs is 3. The summed E-state index contributed by atoms with van der Waals surface area (Å²) in [6, 6.07) is 0. The van der Waals surface area contributed by atoms with E-state index in [0.29, 0.717) is 23.7 Å². The van der Waals surface area contributed by atoms with E-state index in [1.54, 1.807) is 0 Å². The highest BCUT2D eigenvalue weighted by atomic mass is 127. The molecule has 3 aliphatic rings. The lowest BCUT2D eigenvalue weighted by Crippen LogP contribution is -2.51. The van der Waals surface area contributed by atoms with Gasteiger partial charge in [0.05, 0.1) is 22.9 Å². The number of allylic oxidation sites excluding steroid dienone is 2. The van der Waals surface area contributed by atoms with Gasteiger partial charge in [-0.05, 0) is 73.0 Å². The van der Waals surface area contributed by atoms with Crippen LogP contribution in [0.3, 0.4) is 0 Å². The maximum atomic E-state index is 12.0. The summed E-state index contributed by atoms with van der Waals surface area (Å²) in [6.07, 6.45) is 12.8. The molecule has 5 heteroatoms. The van der Waals surface area contributed by atoms with Crippen LogP contribution >= 0.6 is 30.4 Å². The number of rotatable bonds is 6. The van der Waals surface area contributed by atoms with Crippen LogP contribution in [-0.4, -0.2) is 19.7 Å². The van der Waals surface area contributed by atoms with Gasteiger partial charge in [0.2, 0.25) is 0 Å². The number of hydrogen-bond donors (Lipinski definition) is 0. The predicted octanol–water partition coefficient (Wildman–Crippen LogP) is 7.01. The number of esters is 1. The van der Waals surface area contributed by atoms with Crippen LogP contribution < -0.4 is 0 Å². The first-order valence-corrected chi connectivity index (χ1v) is 13.9. The minimum atomic E-state index is -0.0537. The van der Waals surface area contributed by atoms with Crippen molar-refractivity contribution in [2.75, 3.05) is 13.7 Å². The van der Waals surface area contributed by atoms with Crippen molar-refractivity contribution >= 4 is 36.4 Å². The second kappa shape index (κ2) is 10.3. The third-order valence-corrected chi connectivity index (χ3v) is 8.82. The number of methoxy groups -OCH3 is 1. The average molecular weight is 509 g/mol. The van der Waals surface area contributed by atoms with Crippen LogP contribution in [0.15, 0.2) is 12.2 Å². The van der Waals surface area contributed by atoms with Gasteiger partial charge in [0, 0.05) is 27.6 Å². The van der Waals surface area contributed by atoms with Crippen LogP contribution in [0.2, 0.25) is 0 Å². The minimum absolute atomic E-state index is 0.0537. The third kappa shape index (κ3) is 4.88. The molecule has 3 rings (SSSR count). The van der Waals surface area contributed by atoms with Crippen LogP contribution in [0.25, 0.3) is 0 Å². The summed E-state index contributed by atoms with van der Waals surface area (Å²) in [4.78, 5) is 12.0. The monoisotopic (exact) mass is 508 g/mol. The Morgan fingerprint density at radius 2 is 1.96 bits per heavy atom. The molecule has 2 fully saturated rings. The molecule has 0 aliphatic heterocycles. The molecule has 0 aromatic heterocycles. The molecule has 0 saturated heterocycles. The zero-order chi connectivity index (χ0) is 20.1. The smallest absolute Gasteiger partial charge is 0.305 e. The number of halogens is 1. The number of ether oxygens (including phenoxy) is 1. The third-order valence-electron chi connectivity index (χ3n) is 7.80. The molecule has 27 heavy (non-hydrogen) atoms. The highest BCUT2D eigenvalue weighted by molar-refractivity contribution is 14.2. The van der Waals surface area contributed by atoms with Gasteiger partial charge in [0.25, 0.3) is 0 Å². The van der Waals surface area contributed by atoms with Crippen molar-refractivity contribution in [2.45, 2.75) is 72.6 Å². The van der Waals surface area contributed by atoms with Crippen LogP contribution in [-0.2, 0) is 13.7 Å². The van der Waals surface area contributed by atoms with E-state index in [9.17, 15) is 4.79 Å². The Balaban J connectivity index is 0.00000126. The van der Waals surface area contributed by atoms with Crippen molar-refractivity contribution in [1.29, 1.82) is 0 Å². The lowest BCUT2D eigenvalue weighted by molar-refractivity contribution is -0.147. The molecule has 3 nitrogen and oxygen atoms in total. The van der Waals surface area contributed by atoms with Crippen molar-refractivity contribution in [3.8, 4) is 0 Å². The van der Waals surface area contributed by atoms with Gasteiger partial charge >= 0.3 is 5.97 Å². The Kier molecular flexibility index (Phi) is 9.00. The second-order valence-electron chi connectivity index (χ2n) is 8.75. The molecule has 0 aromatic carbocycles. The summed E-state index contributed by atoms with van der Waals surface area (Å²) in [5.41, 5.74) is 0.583. The van der Waals surface area contributed by atoms with Gasteiger partial charge in [-0.25, -0.2) is 0 Å². The summed E-state index contributed by atoms with van der Waals surface area (Å²) >= 11 is 2.19. The van der Waals surface area contributed by atoms with Crippen LogP contribution in [0.1, 0.15) is 72.6 Å². The molecule has 3 aliphatic carbocycles. The van der Waals surface area contributed by atoms with Crippen molar-refractivity contribution in [1.82, 2.24) is 0 Å². The molecule has 0 radical (unpaired) electrons. The zero-order valence-corrected chi connectivity index (χ0v) is 20.6. The fourth-order valence-corrected chi connectivity index (χ4v) is 7.01. The lowest BCUT2D eigenvalue weighted by Gasteiger charge is -2.58. The highest BCUT2D eigenvalue weighted by Gasteiger charge is 2.56. The van der Waals surface area contributed by atoms with Crippen LogP contribution in [0.4, 0.5) is 0 Å². The van der Waals surface area contributed by atoms with Gasteiger partial charge in [-0.3, -0.25) is 4.79 Å². The number of hydrogen-bond acceptors (Lipinski definition) is 4.